The standard InChI is InChI=1S/C14H14BrCl2N5O/c1-20-14(23)12(15)11(8-19-20)21-2-4-22(5-3-21)13-10(17)6-9(16)7-18-13/h6-8H,2-5H2,1H3. The molecule has 9 heteroatoms. The number of nitrogens with zero attached hydrogens (tertiary/aromatic N) is 5. The molecule has 0 N–H and O–H groups in total. The van der Waals surface area contributed by atoms with Gasteiger partial charge in [-0.2, -0.15) is 5.10 Å². The van der Waals surface area contributed by atoms with Crippen molar-refractivity contribution in [3.8, 4) is 0 Å². The largest absolute Gasteiger partial charge is 0.366 e. The molecular weight excluding hydrogens is 405 g/mol. The fourth-order valence-electron chi connectivity index (χ4n) is 2.52. The lowest BCUT2D eigenvalue weighted by Crippen LogP contribution is -2.47. The molecule has 0 amide bonds. The van der Waals surface area contributed by atoms with E-state index in [0.717, 1.165) is 37.7 Å². The van der Waals surface area contributed by atoms with Crippen LogP contribution in [0.3, 0.4) is 0 Å². The molecule has 0 spiro atoms. The average molecular weight is 419 g/mol. The van der Waals surface area contributed by atoms with Gasteiger partial charge in [-0.05, 0) is 22.0 Å². The van der Waals surface area contributed by atoms with Crippen molar-refractivity contribution in [1.82, 2.24) is 14.8 Å². The maximum atomic E-state index is 12.0. The molecule has 2 aromatic heterocycles. The van der Waals surface area contributed by atoms with Crippen LogP contribution in [-0.2, 0) is 7.05 Å². The minimum atomic E-state index is -0.146. The Hall–Kier alpha value is -1.31. The van der Waals surface area contributed by atoms with E-state index in [1.807, 2.05) is 0 Å². The van der Waals surface area contributed by atoms with E-state index in [1.54, 1.807) is 25.5 Å². The van der Waals surface area contributed by atoms with Gasteiger partial charge in [0.05, 0.1) is 21.9 Å². The Morgan fingerprint density at radius 3 is 2.43 bits per heavy atom. The molecule has 0 aromatic carbocycles. The summed E-state index contributed by atoms with van der Waals surface area (Å²) in [5, 5.41) is 5.15. The number of halogens is 3. The molecule has 0 unspecified atom stereocenters. The fraction of sp³-hybridized carbons (Fsp3) is 0.357. The van der Waals surface area contributed by atoms with Crippen LogP contribution in [0, 0.1) is 0 Å². The van der Waals surface area contributed by atoms with Gasteiger partial charge in [-0.3, -0.25) is 4.79 Å². The maximum Gasteiger partial charge on any atom is 0.282 e. The van der Waals surface area contributed by atoms with Crippen molar-refractivity contribution in [3.05, 3.63) is 43.3 Å². The van der Waals surface area contributed by atoms with Crippen molar-refractivity contribution in [2.45, 2.75) is 0 Å². The summed E-state index contributed by atoms with van der Waals surface area (Å²) in [5.41, 5.74) is 0.662. The van der Waals surface area contributed by atoms with Crippen LogP contribution in [-0.4, -0.2) is 40.9 Å². The molecule has 23 heavy (non-hydrogen) atoms. The molecule has 6 nitrogen and oxygen atoms in total. The number of rotatable bonds is 2. The third-order valence-electron chi connectivity index (χ3n) is 3.77. The minimum Gasteiger partial charge on any atom is -0.366 e. The number of hydrogen-bond donors (Lipinski definition) is 0. The third-order valence-corrected chi connectivity index (χ3v) is 5.00. The third kappa shape index (κ3) is 3.32. The summed E-state index contributed by atoms with van der Waals surface area (Å²) < 4.78 is 1.84. The maximum absolute atomic E-state index is 12.0. The highest BCUT2D eigenvalue weighted by molar-refractivity contribution is 9.10. The minimum absolute atomic E-state index is 0.146. The first kappa shape index (κ1) is 16.5. The van der Waals surface area contributed by atoms with Gasteiger partial charge in [0.25, 0.3) is 5.56 Å². The predicted molar refractivity (Wildman–Crippen MR) is 95.9 cm³/mol. The normalized spacial score (nSPS) is 15.1. The van der Waals surface area contributed by atoms with Crippen molar-refractivity contribution in [2.75, 3.05) is 36.0 Å². The van der Waals surface area contributed by atoms with Crippen molar-refractivity contribution in [1.29, 1.82) is 0 Å². The first-order valence-electron chi connectivity index (χ1n) is 7.00. The van der Waals surface area contributed by atoms with Crippen LogP contribution in [0.2, 0.25) is 10.0 Å². The first-order chi connectivity index (χ1) is 11.0. The summed E-state index contributed by atoms with van der Waals surface area (Å²) in [7, 11) is 1.63. The summed E-state index contributed by atoms with van der Waals surface area (Å²) >= 11 is 15.5. The number of hydrogen-bond acceptors (Lipinski definition) is 5. The summed E-state index contributed by atoms with van der Waals surface area (Å²) in [4.78, 5) is 20.5. The number of piperazine rings is 1. The zero-order valence-corrected chi connectivity index (χ0v) is 15.4. The molecule has 0 atom stereocenters. The van der Waals surface area contributed by atoms with Crippen LogP contribution in [0.1, 0.15) is 0 Å². The summed E-state index contributed by atoms with van der Waals surface area (Å²) in [6.45, 7) is 2.98. The van der Waals surface area contributed by atoms with E-state index in [1.165, 1.54) is 4.68 Å². The molecule has 1 fully saturated rings. The number of aryl methyl sites for hydroxylation is 1. The summed E-state index contributed by atoms with van der Waals surface area (Å²) in [6, 6.07) is 1.69. The average Bonchev–Trinajstić information content (AvgIpc) is 2.53. The second kappa shape index (κ2) is 6.67. The Balaban J connectivity index is 1.76. The lowest BCUT2D eigenvalue weighted by molar-refractivity contribution is 0.636. The van der Waals surface area contributed by atoms with Crippen molar-refractivity contribution < 1.29 is 0 Å². The molecule has 0 radical (unpaired) electrons. The molecule has 1 aliphatic rings. The molecule has 1 aliphatic heterocycles. The van der Waals surface area contributed by atoms with Gasteiger partial charge in [-0.1, -0.05) is 23.2 Å². The Morgan fingerprint density at radius 2 is 1.78 bits per heavy atom. The van der Waals surface area contributed by atoms with E-state index in [2.05, 4.69) is 35.8 Å². The lowest BCUT2D eigenvalue weighted by atomic mass is 10.2. The van der Waals surface area contributed by atoms with Gasteiger partial charge in [0.2, 0.25) is 0 Å². The van der Waals surface area contributed by atoms with Gasteiger partial charge in [0.15, 0.2) is 0 Å². The Kier molecular flexibility index (Phi) is 4.79. The topological polar surface area (TPSA) is 54.3 Å². The molecule has 0 bridgehead atoms. The Morgan fingerprint density at radius 1 is 1.13 bits per heavy atom. The van der Waals surface area contributed by atoms with E-state index in [4.69, 9.17) is 23.2 Å². The molecule has 0 aliphatic carbocycles. The monoisotopic (exact) mass is 417 g/mol. The molecule has 3 heterocycles. The summed E-state index contributed by atoms with van der Waals surface area (Å²) in [6.07, 6.45) is 3.30. The highest BCUT2D eigenvalue weighted by atomic mass is 79.9. The van der Waals surface area contributed by atoms with Crippen LogP contribution in [0.5, 0.6) is 0 Å². The predicted octanol–water partition coefficient (Wildman–Crippen LogP) is 2.57. The van der Waals surface area contributed by atoms with Crippen LogP contribution in [0.25, 0.3) is 0 Å². The number of anilines is 2. The van der Waals surface area contributed by atoms with Gasteiger partial charge < -0.3 is 9.80 Å². The summed E-state index contributed by atoms with van der Waals surface area (Å²) in [5.74, 6) is 0.733. The lowest BCUT2D eigenvalue weighted by Gasteiger charge is -2.37. The van der Waals surface area contributed by atoms with E-state index < -0.39 is 0 Å². The Labute approximate surface area is 151 Å². The van der Waals surface area contributed by atoms with E-state index in [9.17, 15) is 4.79 Å². The Bertz CT molecular complexity index is 789. The van der Waals surface area contributed by atoms with Gasteiger partial charge in [-0.15, -0.1) is 0 Å². The smallest absolute Gasteiger partial charge is 0.282 e. The molecule has 3 rings (SSSR count). The quantitative estimate of drug-likeness (QED) is 0.750. The van der Waals surface area contributed by atoms with E-state index in [0.29, 0.717) is 14.5 Å². The second-order valence-corrected chi connectivity index (χ2v) is 6.84. The van der Waals surface area contributed by atoms with Crippen molar-refractivity contribution in [3.63, 3.8) is 0 Å². The molecule has 1 saturated heterocycles. The molecular formula is C14H14BrCl2N5O. The van der Waals surface area contributed by atoms with Crippen LogP contribution < -0.4 is 15.4 Å². The van der Waals surface area contributed by atoms with Gasteiger partial charge in [-0.25, -0.2) is 9.67 Å². The van der Waals surface area contributed by atoms with E-state index >= 15 is 0 Å². The number of aromatic nitrogens is 3. The first-order valence-corrected chi connectivity index (χ1v) is 8.55. The van der Waals surface area contributed by atoms with Crippen LogP contribution in [0.4, 0.5) is 11.5 Å². The molecule has 122 valence electrons. The van der Waals surface area contributed by atoms with Gasteiger partial charge >= 0.3 is 0 Å². The molecule has 2 aromatic rings. The zero-order chi connectivity index (χ0) is 16.6. The van der Waals surface area contributed by atoms with Crippen molar-refractivity contribution in [2.24, 2.45) is 7.05 Å². The van der Waals surface area contributed by atoms with Crippen LogP contribution >= 0.6 is 39.1 Å². The zero-order valence-electron chi connectivity index (χ0n) is 12.3. The van der Waals surface area contributed by atoms with Gasteiger partial charge in [0.1, 0.15) is 10.3 Å². The molecule has 0 saturated carbocycles. The highest BCUT2D eigenvalue weighted by Crippen LogP contribution is 2.28. The van der Waals surface area contributed by atoms with E-state index in [-0.39, 0.29) is 5.56 Å². The van der Waals surface area contributed by atoms with Crippen molar-refractivity contribution >= 4 is 50.6 Å². The van der Waals surface area contributed by atoms with Crippen LogP contribution in [0.15, 0.2) is 27.7 Å². The number of pyridine rings is 1. The van der Waals surface area contributed by atoms with Gasteiger partial charge in [0, 0.05) is 39.4 Å². The fourth-order valence-corrected chi connectivity index (χ4v) is 3.63. The SMILES string of the molecule is Cn1ncc(N2CCN(c3ncc(Cl)cc3Cl)CC2)c(Br)c1=O. The second-order valence-electron chi connectivity index (χ2n) is 5.21. The highest BCUT2D eigenvalue weighted by Gasteiger charge is 2.22.